The number of carbonyl (C=O) groups excluding carboxylic acids is 1. The number of nitrogens with zero attached hydrogens (tertiary/aromatic N) is 1. The second-order valence-electron chi connectivity index (χ2n) is 4.87. The van der Waals surface area contributed by atoms with Gasteiger partial charge in [-0.1, -0.05) is 30.1 Å². The molecule has 1 aromatic rings. The second kappa shape index (κ2) is 5.62. The van der Waals surface area contributed by atoms with Crippen LogP contribution in [0.3, 0.4) is 0 Å². The van der Waals surface area contributed by atoms with Gasteiger partial charge in [-0.2, -0.15) is 0 Å². The Bertz CT molecular complexity index is 561. The number of carbonyl (C=O) groups is 2. The van der Waals surface area contributed by atoms with Crippen LogP contribution < -0.4 is 0 Å². The van der Waals surface area contributed by atoms with Crippen LogP contribution in [0.15, 0.2) is 18.2 Å². The van der Waals surface area contributed by atoms with Crippen molar-refractivity contribution in [2.24, 2.45) is 0 Å². The van der Waals surface area contributed by atoms with Crippen molar-refractivity contribution in [2.75, 3.05) is 6.54 Å². The molecule has 1 aromatic carbocycles. The fourth-order valence-electron chi connectivity index (χ4n) is 2.72. The molecule has 1 aliphatic heterocycles. The van der Waals surface area contributed by atoms with Gasteiger partial charge in [0, 0.05) is 11.6 Å². The second-order valence-corrected chi connectivity index (χ2v) is 5.72. The van der Waals surface area contributed by atoms with Crippen molar-refractivity contribution >= 4 is 35.1 Å². The summed E-state index contributed by atoms with van der Waals surface area (Å²) < 4.78 is 0. The number of amides is 1. The molecule has 0 aromatic heterocycles. The van der Waals surface area contributed by atoms with Crippen LogP contribution >= 0.6 is 23.2 Å². The standard InChI is InChI=1S/C14H15Cl2NO3/c1-2-14(13(19)20)6-3-7-17(14)12(18)10-8-9(15)4-5-11(10)16/h4-5,8H,2-3,6-7H2,1H3,(H,19,20). The van der Waals surface area contributed by atoms with Gasteiger partial charge in [-0.15, -0.1) is 0 Å². The van der Waals surface area contributed by atoms with E-state index in [1.54, 1.807) is 19.1 Å². The maximum atomic E-state index is 12.6. The van der Waals surface area contributed by atoms with Crippen LogP contribution in [0, 0.1) is 0 Å². The topological polar surface area (TPSA) is 57.6 Å². The van der Waals surface area contributed by atoms with E-state index >= 15 is 0 Å². The molecule has 4 nitrogen and oxygen atoms in total. The van der Waals surface area contributed by atoms with Crippen LogP contribution in [-0.2, 0) is 4.79 Å². The van der Waals surface area contributed by atoms with Crippen molar-refractivity contribution in [1.82, 2.24) is 4.90 Å². The average Bonchev–Trinajstić information content (AvgIpc) is 2.85. The molecule has 1 unspecified atom stereocenters. The quantitative estimate of drug-likeness (QED) is 0.929. The molecule has 108 valence electrons. The molecular weight excluding hydrogens is 301 g/mol. The molecular formula is C14H15Cl2NO3. The van der Waals surface area contributed by atoms with Gasteiger partial charge in [-0.3, -0.25) is 4.79 Å². The Kier molecular flexibility index (Phi) is 4.25. The minimum Gasteiger partial charge on any atom is -0.479 e. The van der Waals surface area contributed by atoms with Gasteiger partial charge in [-0.25, -0.2) is 4.79 Å². The van der Waals surface area contributed by atoms with Crippen molar-refractivity contribution in [1.29, 1.82) is 0 Å². The summed E-state index contributed by atoms with van der Waals surface area (Å²) in [5, 5.41) is 10.2. The van der Waals surface area contributed by atoms with Crippen LogP contribution in [-0.4, -0.2) is 34.0 Å². The molecule has 0 bridgehead atoms. The first-order chi connectivity index (χ1) is 9.42. The number of rotatable bonds is 3. The summed E-state index contributed by atoms with van der Waals surface area (Å²) in [4.78, 5) is 25.6. The van der Waals surface area contributed by atoms with Crippen LogP contribution in [0.5, 0.6) is 0 Å². The molecule has 0 spiro atoms. The summed E-state index contributed by atoms with van der Waals surface area (Å²) in [6.07, 6.45) is 1.50. The number of carboxylic acids is 1. The van der Waals surface area contributed by atoms with Gasteiger partial charge in [0.05, 0.1) is 10.6 Å². The zero-order chi connectivity index (χ0) is 14.9. The number of benzene rings is 1. The van der Waals surface area contributed by atoms with Crippen LogP contribution in [0.1, 0.15) is 36.5 Å². The van der Waals surface area contributed by atoms with Gasteiger partial charge in [0.2, 0.25) is 0 Å². The van der Waals surface area contributed by atoms with Gasteiger partial charge < -0.3 is 10.0 Å². The molecule has 1 amide bonds. The average molecular weight is 316 g/mol. The highest BCUT2D eigenvalue weighted by Gasteiger charge is 2.48. The predicted octanol–water partition coefficient (Wildman–Crippen LogP) is 3.46. The molecule has 1 heterocycles. The van der Waals surface area contributed by atoms with Crippen LogP contribution in [0.2, 0.25) is 10.0 Å². The maximum Gasteiger partial charge on any atom is 0.329 e. The smallest absolute Gasteiger partial charge is 0.329 e. The third kappa shape index (κ3) is 2.38. The van der Waals surface area contributed by atoms with Crippen molar-refractivity contribution in [3.63, 3.8) is 0 Å². The Balaban J connectivity index is 2.42. The van der Waals surface area contributed by atoms with Crippen molar-refractivity contribution < 1.29 is 14.7 Å². The molecule has 1 aliphatic rings. The summed E-state index contributed by atoms with van der Waals surface area (Å²) in [6.45, 7) is 2.20. The first kappa shape index (κ1) is 15.1. The number of hydrogen-bond donors (Lipinski definition) is 1. The van der Waals surface area contributed by atoms with Gasteiger partial charge in [0.15, 0.2) is 0 Å². The highest BCUT2D eigenvalue weighted by atomic mass is 35.5. The Morgan fingerprint density at radius 2 is 2.10 bits per heavy atom. The molecule has 1 saturated heterocycles. The largest absolute Gasteiger partial charge is 0.479 e. The molecule has 1 fully saturated rings. The normalized spacial score (nSPS) is 22.1. The lowest BCUT2D eigenvalue weighted by atomic mass is 9.92. The van der Waals surface area contributed by atoms with Gasteiger partial charge in [-0.05, 0) is 37.5 Å². The Labute approximate surface area is 127 Å². The Morgan fingerprint density at radius 3 is 2.70 bits per heavy atom. The highest BCUT2D eigenvalue weighted by Crippen LogP contribution is 2.35. The van der Waals surface area contributed by atoms with Gasteiger partial charge in [0.1, 0.15) is 5.54 Å². The summed E-state index contributed by atoms with van der Waals surface area (Å²) in [5.41, 5.74) is -0.886. The monoisotopic (exact) mass is 315 g/mol. The zero-order valence-electron chi connectivity index (χ0n) is 11.0. The summed E-state index contributed by atoms with van der Waals surface area (Å²) in [5.74, 6) is -1.34. The number of likely N-dealkylation sites (tertiary alicyclic amines) is 1. The van der Waals surface area contributed by atoms with E-state index in [2.05, 4.69) is 0 Å². The number of hydrogen-bond acceptors (Lipinski definition) is 2. The van der Waals surface area contributed by atoms with Crippen molar-refractivity contribution in [3.8, 4) is 0 Å². The fourth-order valence-corrected chi connectivity index (χ4v) is 3.09. The number of halogens is 2. The summed E-state index contributed by atoms with van der Waals surface area (Å²) in [6, 6.07) is 4.61. The van der Waals surface area contributed by atoms with E-state index in [4.69, 9.17) is 23.2 Å². The lowest BCUT2D eigenvalue weighted by molar-refractivity contribution is -0.148. The molecule has 2 rings (SSSR count). The first-order valence-electron chi connectivity index (χ1n) is 6.43. The molecule has 6 heteroatoms. The van der Waals surface area contributed by atoms with E-state index in [0.717, 1.165) is 0 Å². The van der Waals surface area contributed by atoms with Gasteiger partial charge in [0.25, 0.3) is 5.91 Å². The van der Waals surface area contributed by atoms with E-state index in [9.17, 15) is 14.7 Å². The Hall–Kier alpha value is -1.26. The van der Waals surface area contributed by atoms with E-state index in [0.29, 0.717) is 30.8 Å². The number of aliphatic carboxylic acids is 1. The van der Waals surface area contributed by atoms with E-state index in [1.807, 2.05) is 0 Å². The van der Waals surface area contributed by atoms with Gasteiger partial charge >= 0.3 is 5.97 Å². The molecule has 20 heavy (non-hydrogen) atoms. The number of carboxylic acid groups (broad SMARTS) is 1. The van der Waals surface area contributed by atoms with E-state index in [1.165, 1.54) is 11.0 Å². The van der Waals surface area contributed by atoms with E-state index in [-0.39, 0.29) is 16.5 Å². The third-order valence-corrected chi connectivity index (χ3v) is 4.44. The summed E-state index contributed by atoms with van der Waals surface area (Å²) >= 11 is 11.9. The van der Waals surface area contributed by atoms with Crippen LogP contribution in [0.25, 0.3) is 0 Å². The maximum absolute atomic E-state index is 12.6. The molecule has 1 atom stereocenters. The SMILES string of the molecule is CCC1(C(=O)O)CCCN1C(=O)c1cc(Cl)ccc1Cl. The summed E-state index contributed by atoms with van der Waals surface area (Å²) in [7, 11) is 0. The first-order valence-corrected chi connectivity index (χ1v) is 7.18. The van der Waals surface area contributed by atoms with Crippen molar-refractivity contribution in [3.05, 3.63) is 33.8 Å². The molecule has 1 N–H and O–H groups in total. The predicted molar refractivity (Wildman–Crippen MR) is 77.4 cm³/mol. The van der Waals surface area contributed by atoms with Crippen molar-refractivity contribution in [2.45, 2.75) is 31.7 Å². The lowest BCUT2D eigenvalue weighted by Gasteiger charge is -2.34. The van der Waals surface area contributed by atoms with E-state index < -0.39 is 11.5 Å². The Morgan fingerprint density at radius 1 is 1.40 bits per heavy atom. The minimum absolute atomic E-state index is 0.250. The molecule has 0 saturated carbocycles. The zero-order valence-corrected chi connectivity index (χ0v) is 12.5. The highest BCUT2D eigenvalue weighted by molar-refractivity contribution is 6.35. The fraction of sp³-hybridized carbons (Fsp3) is 0.429. The lowest BCUT2D eigenvalue weighted by Crippen LogP contribution is -2.52. The van der Waals surface area contributed by atoms with Crippen LogP contribution in [0.4, 0.5) is 0 Å². The third-order valence-electron chi connectivity index (χ3n) is 3.88. The minimum atomic E-state index is -1.14. The molecule has 0 radical (unpaired) electrons. The molecule has 0 aliphatic carbocycles.